The molecule has 3 unspecified atom stereocenters. The number of rotatable bonds is 3. The molecule has 0 amide bonds. The summed E-state index contributed by atoms with van der Waals surface area (Å²) in [5, 5.41) is 0.131. The fraction of sp³-hybridized carbons (Fsp3) is 0.692. The van der Waals surface area contributed by atoms with Crippen LogP contribution < -0.4 is 0 Å². The second-order valence-corrected chi connectivity index (χ2v) is 6.33. The lowest BCUT2D eigenvalue weighted by Crippen LogP contribution is -2.19. The van der Waals surface area contributed by atoms with Gasteiger partial charge in [-0.15, -0.1) is 22.9 Å². The number of alkyl halides is 1. The van der Waals surface area contributed by atoms with E-state index in [0.29, 0.717) is 12.0 Å². The first-order valence-corrected chi connectivity index (χ1v) is 7.21. The Morgan fingerprint density at radius 2 is 2.31 bits per heavy atom. The van der Waals surface area contributed by atoms with E-state index < -0.39 is 0 Å². The Bertz CT molecular complexity index is 361. The summed E-state index contributed by atoms with van der Waals surface area (Å²) < 4.78 is 5.72. The summed E-state index contributed by atoms with van der Waals surface area (Å²) in [4.78, 5) is 2.69. The molecule has 16 heavy (non-hydrogen) atoms. The lowest BCUT2D eigenvalue weighted by Gasteiger charge is -2.21. The lowest BCUT2D eigenvalue weighted by molar-refractivity contribution is 0.0866. The highest BCUT2D eigenvalue weighted by Gasteiger charge is 2.34. The van der Waals surface area contributed by atoms with Crippen molar-refractivity contribution in [1.29, 1.82) is 0 Å². The molecule has 1 saturated heterocycles. The summed E-state index contributed by atoms with van der Waals surface area (Å²) in [6, 6.07) is 2.23. The van der Waals surface area contributed by atoms with Gasteiger partial charge >= 0.3 is 0 Å². The molecule has 0 bridgehead atoms. The molecular weight excluding hydrogens is 240 g/mol. The monoisotopic (exact) mass is 258 g/mol. The van der Waals surface area contributed by atoms with Crippen molar-refractivity contribution in [2.45, 2.75) is 45.1 Å². The summed E-state index contributed by atoms with van der Waals surface area (Å²) >= 11 is 8.47. The summed E-state index contributed by atoms with van der Waals surface area (Å²) in [6.45, 7) is 7.35. The minimum Gasteiger partial charge on any atom is -0.378 e. The van der Waals surface area contributed by atoms with E-state index in [-0.39, 0.29) is 5.38 Å². The van der Waals surface area contributed by atoms with Gasteiger partial charge < -0.3 is 4.74 Å². The molecule has 90 valence electrons. The summed E-state index contributed by atoms with van der Waals surface area (Å²) in [5.74, 6) is 0.489. The lowest BCUT2D eigenvalue weighted by atomic mass is 9.93. The third-order valence-corrected chi connectivity index (χ3v) is 5.28. The zero-order valence-corrected chi connectivity index (χ0v) is 11.7. The smallest absolute Gasteiger partial charge is 0.0734 e. The van der Waals surface area contributed by atoms with Crippen molar-refractivity contribution in [3.63, 3.8) is 0 Å². The SMILES string of the molecule is CCC1OCCC1C(Cl)c1sc(C)cc1C. The summed E-state index contributed by atoms with van der Waals surface area (Å²) in [6.07, 6.45) is 2.52. The number of ether oxygens (including phenoxy) is 1. The van der Waals surface area contributed by atoms with Crippen molar-refractivity contribution in [2.75, 3.05) is 6.61 Å². The zero-order chi connectivity index (χ0) is 11.7. The summed E-state index contributed by atoms with van der Waals surface area (Å²) in [5.41, 5.74) is 1.34. The molecular formula is C13H19ClOS. The maximum atomic E-state index is 6.64. The Hall–Kier alpha value is -0.0500. The van der Waals surface area contributed by atoms with Gasteiger partial charge in [-0.25, -0.2) is 0 Å². The molecule has 1 aromatic heterocycles. The van der Waals surface area contributed by atoms with Crippen LogP contribution in [0.3, 0.4) is 0 Å². The van der Waals surface area contributed by atoms with Crippen LogP contribution in [0.5, 0.6) is 0 Å². The van der Waals surface area contributed by atoms with Crippen LogP contribution in [0.4, 0.5) is 0 Å². The molecule has 1 nitrogen and oxygen atoms in total. The first kappa shape index (κ1) is 12.4. The van der Waals surface area contributed by atoms with Crippen molar-refractivity contribution >= 4 is 22.9 Å². The highest BCUT2D eigenvalue weighted by molar-refractivity contribution is 7.12. The van der Waals surface area contributed by atoms with Gasteiger partial charge in [0.15, 0.2) is 0 Å². The molecule has 0 radical (unpaired) electrons. The molecule has 0 aliphatic carbocycles. The van der Waals surface area contributed by atoms with E-state index in [4.69, 9.17) is 16.3 Å². The van der Waals surface area contributed by atoms with Crippen LogP contribution in [0.25, 0.3) is 0 Å². The van der Waals surface area contributed by atoms with Gasteiger partial charge in [0.05, 0.1) is 11.5 Å². The van der Waals surface area contributed by atoms with E-state index in [1.54, 1.807) is 0 Å². The minimum absolute atomic E-state index is 0.131. The van der Waals surface area contributed by atoms with Gasteiger partial charge in [-0.1, -0.05) is 6.92 Å². The van der Waals surface area contributed by atoms with Gasteiger partial charge in [-0.2, -0.15) is 0 Å². The van der Waals surface area contributed by atoms with E-state index in [0.717, 1.165) is 19.4 Å². The highest BCUT2D eigenvalue weighted by atomic mass is 35.5. The van der Waals surface area contributed by atoms with Gasteiger partial charge in [-0.3, -0.25) is 0 Å². The maximum Gasteiger partial charge on any atom is 0.0734 e. The molecule has 0 spiro atoms. The van der Waals surface area contributed by atoms with E-state index in [1.165, 1.54) is 15.3 Å². The molecule has 1 aliphatic heterocycles. The number of halogens is 1. The fourth-order valence-corrected chi connectivity index (χ4v) is 4.23. The van der Waals surface area contributed by atoms with Gasteiger partial charge in [0.25, 0.3) is 0 Å². The molecule has 2 heterocycles. The third-order valence-electron chi connectivity index (χ3n) is 3.37. The van der Waals surface area contributed by atoms with E-state index in [2.05, 4.69) is 26.8 Å². The molecule has 2 rings (SSSR count). The van der Waals surface area contributed by atoms with Crippen LogP contribution in [-0.2, 0) is 4.74 Å². The Kier molecular flexibility index (Phi) is 3.93. The predicted octanol–water partition coefficient (Wildman–Crippen LogP) is 4.46. The van der Waals surface area contributed by atoms with Crippen molar-refractivity contribution in [1.82, 2.24) is 0 Å². The number of aryl methyl sites for hydroxylation is 2. The molecule has 0 aromatic carbocycles. The standard InChI is InChI=1S/C13H19ClOS/c1-4-11-10(5-6-15-11)12(14)13-8(2)7-9(3)16-13/h7,10-12H,4-6H2,1-3H3. The van der Waals surface area contributed by atoms with Crippen LogP contribution >= 0.6 is 22.9 Å². The minimum atomic E-state index is 0.131. The molecule has 1 aliphatic rings. The first-order valence-electron chi connectivity index (χ1n) is 5.96. The van der Waals surface area contributed by atoms with E-state index in [1.807, 2.05) is 11.3 Å². The van der Waals surface area contributed by atoms with Crippen LogP contribution in [-0.4, -0.2) is 12.7 Å². The fourth-order valence-electron chi connectivity index (χ4n) is 2.55. The molecule has 1 fully saturated rings. The molecule has 0 saturated carbocycles. The van der Waals surface area contributed by atoms with Crippen LogP contribution in [0.2, 0.25) is 0 Å². The van der Waals surface area contributed by atoms with E-state index >= 15 is 0 Å². The first-order chi connectivity index (χ1) is 7.63. The number of hydrogen-bond donors (Lipinski definition) is 0. The second-order valence-electron chi connectivity index (χ2n) is 4.58. The van der Waals surface area contributed by atoms with Crippen LogP contribution in [0.15, 0.2) is 6.07 Å². The third kappa shape index (κ3) is 2.29. The van der Waals surface area contributed by atoms with Crippen molar-refractivity contribution in [2.24, 2.45) is 5.92 Å². The average Bonchev–Trinajstić information content (AvgIpc) is 2.83. The number of hydrogen-bond acceptors (Lipinski definition) is 2. The van der Waals surface area contributed by atoms with Gasteiger partial charge in [-0.05, 0) is 38.3 Å². The maximum absolute atomic E-state index is 6.64. The van der Waals surface area contributed by atoms with Crippen molar-refractivity contribution < 1.29 is 4.74 Å². The second kappa shape index (κ2) is 5.07. The Morgan fingerprint density at radius 1 is 1.56 bits per heavy atom. The highest BCUT2D eigenvalue weighted by Crippen LogP contribution is 2.43. The Labute approximate surface area is 107 Å². The van der Waals surface area contributed by atoms with Crippen molar-refractivity contribution in [3.8, 4) is 0 Å². The number of thiophene rings is 1. The Morgan fingerprint density at radius 3 is 2.88 bits per heavy atom. The largest absolute Gasteiger partial charge is 0.378 e. The van der Waals surface area contributed by atoms with Crippen molar-refractivity contribution in [3.05, 3.63) is 21.4 Å². The molecule has 1 aromatic rings. The Balaban J connectivity index is 2.18. The van der Waals surface area contributed by atoms with Gasteiger partial charge in [0.2, 0.25) is 0 Å². The average molecular weight is 259 g/mol. The predicted molar refractivity (Wildman–Crippen MR) is 70.5 cm³/mol. The van der Waals surface area contributed by atoms with Gasteiger partial charge in [0.1, 0.15) is 0 Å². The van der Waals surface area contributed by atoms with E-state index in [9.17, 15) is 0 Å². The zero-order valence-electron chi connectivity index (χ0n) is 10.1. The van der Waals surface area contributed by atoms with Crippen LogP contribution in [0.1, 0.15) is 40.5 Å². The quantitative estimate of drug-likeness (QED) is 0.728. The topological polar surface area (TPSA) is 9.23 Å². The molecule has 3 heteroatoms. The normalized spacial score (nSPS) is 27.2. The molecule has 0 N–H and O–H groups in total. The van der Waals surface area contributed by atoms with Crippen LogP contribution in [0, 0.1) is 19.8 Å². The molecule has 3 atom stereocenters. The van der Waals surface area contributed by atoms with Gasteiger partial charge in [0, 0.05) is 22.3 Å². The summed E-state index contributed by atoms with van der Waals surface area (Å²) in [7, 11) is 0.